The van der Waals surface area contributed by atoms with E-state index < -0.39 is 34.3 Å². The molecule has 0 spiro atoms. The second-order valence-corrected chi connectivity index (χ2v) is 9.91. The minimum absolute atomic E-state index is 0.00708. The van der Waals surface area contributed by atoms with E-state index in [0.29, 0.717) is 21.7 Å². The third kappa shape index (κ3) is 4.67. The maximum atomic E-state index is 13.0. The monoisotopic (exact) mass is 467 g/mol. The lowest BCUT2D eigenvalue weighted by molar-refractivity contribution is -0.0966. The molecule has 0 fully saturated rings. The quantitative estimate of drug-likeness (QED) is 0.688. The van der Waals surface area contributed by atoms with Crippen molar-refractivity contribution in [3.63, 3.8) is 0 Å². The van der Waals surface area contributed by atoms with Crippen molar-refractivity contribution >= 4 is 21.6 Å². The van der Waals surface area contributed by atoms with Gasteiger partial charge in [0.1, 0.15) is 18.0 Å². The number of primary sulfonamides is 1. The van der Waals surface area contributed by atoms with Gasteiger partial charge in [0, 0.05) is 16.0 Å². The molecule has 5 nitrogen and oxygen atoms in total. The van der Waals surface area contributed by atoms with Crippen molar-refractivity contribution < 1.29 is 26.7 Å². The van der Waals surface area contributed by atoms with E-state index in [1.807, 2.05) is 6.07 Å². The number of fused-ring (bicyclic) bond motifs is 2. The molecule has 31 heavy (non-hydrogen) atoms. The van der Waals surface area contributed by atoms with Crippen LogP contribution < -0.4 is 5.14 Å². The molecule has 4 rings (SSSR count). The third-order valence-corrected chi connectivity index (χ3v) is 6.50. The van der Waals surface area contributed by atoms with Crippen LogP contribution >= 0.6 is 11.6 Å². The zero-order valence-corrected chi connectivity index (χ0v) is 18.0. The molecule has 1 heterocycles. The molecule has 3 atom stereocenters. The summed E-state index contributed by atoms with van der Waals surface area (Å²) in [6.45, 7) is -1.26. The highest BCUT2D eigenvalue weighted by molar-refractivity contribution is 7.89. The zero-order chi connectivity index (χ0) is 22.4. The van der Waals surface area contributed by atoms with E-state index in [0.717, 1.165) is 5.56 Å². The maximum absolute atomic E-state index is 13.0. The van der Waals surface area contributed by atoms with Crippen LogP contribution in [0.2, 0.25) is 5.02 Å². The van der Waals surface area contributed by atoms with Crippen LogP contribution in [0.4, 0.5) is 8.78 Å². The topological polar surface area (TPSA) is 78.6 Å². The highest BCUT2D eigenvalue weighted by Gasteiger charge is 2.40. The first kappa shape index (κ1) is 22.0. The highest BCUT2D eigenvalue weighted by atomic mass is 35.5. The first-order valence-corrected chi connectivity index (χ1v) is 11.6. The second-order valence-electron chi connectivity index (χ2n) is 7.86. The summed E-state index contributed by atoms with van der Waals surface area (Å²) in [6, 6.07) is 7.11. The lowest BCUT2D eigenvalue weighted by Crippen LogP contribution is -2.34. The van der Waals surface area contributed by atoms with E-state index in [-0.39, 0.29) is 11.5 Å². The number of rotatable bonds is 5. The highest BCUT2D eigenvalue weighted by Crippen LogP contribution is 2.48. The van der Waals surface area contributed by atoms with Gasteiger partial charge in [-0.05, 0) is 34.9 Å². The molecular formula is C22H20ClF2NO4S. The van der Waals surface area contributed by atoms with Gasteiger partial charge in [0.25, 0.3) is 0 Å². The fourth-order valence-electron chi connectivity index (χ4n) is 4.15. The molecule has 1 aromatic rings. The molecule has 9 heteroatoms. The molecule has 3 aliphatic rings. The van der Waals surface area contributed by atoms with Crippen LogP contribution in [0.3, 0.4) is 0 Å². The standard InChI is InChI=1S/C22H20ClF2NO4S/c1-22(12-31(26,27)28)9-8-15-16(11-22)20(13-4-2-5-14(23)10-13)29-17-6-3-7-18(19(15)17)30-21(24)25/h2-11,17,20-21H,12H2,1H3,(H2,26,27,28). The van der Waals surface area contributed by atoms with Crippen LogP contribution in [-0.4, -0.2) is 26.9 Å². The Morgan fingerprint density at radius 1 is 1.35 bits per heavy atom. The molecule has 0 amide bonds. The smallest absolute Gasteiger partial charge is 0.387 e. The van der Waals surface area contributed by atoms with Crippen LogP contribution in [-0.2, 0) is 19.5 Å². The largest absolute Gasteiger partial charge is 0.434 e. The van der Waals surface area contributed by atoms with Crippen molar-refractivity contribution in [2.45, 2.75) is 25.7 Å². The van der Waals surface area contributed by atoms with Gasteiger partial charge in [0.15, 0.2) is 0 Å². The molecule has 1 aromatic carbocycles. The van der Waals surface area contributed by atoms with Gasteiger partial charge in [-0.15, -0.1) is 0 Å². The van der Waals surface area contributed by atoms with Crippen molar-refractivity contribution in [1.82, 2.24) is 0 Å². The molecule has 0 saturated carbocycles. The van der Waals surface area contributed by atoms with Crippen molar-refractivity contribution in [1.29, 1.82) is 0 Å². The van der Waals surface area contributed by atoms with Crippen molar-refractivity contribution in [2.75, 3.05) is 5.75 Å². The number of ether oxygens (including phenoxy) is 2. The van der Waals surface area contributed by atoms with Gasteiger partial charge in [0.2, 0.25) is 10.0 Å². The predicted molar refractivity (Wildman–Crippen MR) is 114 cm³/mol. The summed E-state index contributed by atoms with van der Waals surface area (Å²) < 4.78 is 60.7. The van der Waals surface area contributed by atoms with E-state index in [2.05, 4.69) is 0 Å². The molecule has 3 unspecified atom stereocenters. The summed E-state index contributed by atoms with van der Waals surface area (Å²) in [4.78, 5) is 0. The Labute approximate surface area is 184 Å². The summed E-state index contributed by atoms with van der Waals surface area (Å²) in [7, 11) is -3.78. The zero-order valence-electron chi connectivity index (χ0n) is 16.5. The number of hydrogen-bond acceptors (Lipinski definition) is 4. The first-order chi connectivity index (χ1) is 14.5. The van der Waals surface area contributed by atoms with Crippen LogP contribution in [0.5, 0.6) is 0 Å². The van der Waals surface area contributed by atoms with Gasteiger partial charge >= 0.3 is 6.61 Å². The lowest BCUT2D eigenvalue weighted by atomic mass is 9.75. The van der Waals surface area contributed by atoms with Crippen LogP contribution in [0, 0.1) is 5.41 Å². The Bertz CT molecular complexity index is 1170. The lowest BCUT2D eigenvalue weighted by Gasteiger charge is -2.40. The van der Waals surface area contributed by atoms with Gasteiger partial charge in [-0.2, -0.15) is 8.78 Å². The molecule has 164 valence electrons. The van der Waals surface area contributed by atoms with Crippen molar-refractivity contribution in [2.24, 2.45) is 10.6 Å². The fourth-order valence-corrected chi connectivity index (χ4v) is 5.40. The summed E-state index contributed by atoms with van der Waals surface area (Å²) in [5.74, 6) is -0.308. The number of sulfonamides is 1. The Hall–Kier alpha value is -2.26. The molecular weight excluding hydrogens is 448 g/mol. The summed E-state index contributed by atoms with van der Waals surface area (Å²) in [6.07, 6.45) is 8.79. The SMILES string of the molecule is CC1(CS(N)(=O)=O)C=CC2=C3C(OC(F)F)=CC=CC3OC(c3cccc(Cl)c3)C2=C1. The van der Waals surface area contributed by atoms with Crippen LogP contribution in [0.15, 0.2) is 83.2 Å². The molecule has 0 bridgehead atoms. The minimum atomic E-state index is -3.78. The van der Waals surface area contributed by atoms with Gasteiger partial charge in [0.05, 0.1) is 5.75 Å². The molecule has 0 radical (unpaired) electrons. The molecule has 2 N–H and O–H groups in total. The van der Waals surface area contributed by atoms with Gasteiger partial charge in [-0.3, -0.25) is 0 Å². The number of hydrogen-bond donors (Lipinski definition) is 1. The number of allylic oxidation sites excluding steroid dienone is 5. The molecule has 2 aliphatic carbocycles. The maximum Gasteiger partial charge on any atom is 0.387 e. The van der Waals surface area contributed by atoms with Crippen molar-refractivity contribution in [3.8, 4) is 0 Å². The number of alkyl halides is 2. The molecule has 1 aliphatic heterocycles. The van der Waals surface area contributed by atoms with Crippen LogP contribution in [0.25, 0.3) is 0 Å². The first-order valence-electron chi connectivity index (χ1n) is 9.46. The minimum Gasteiger partial charge on any atom is -0.434 e. The van der Waals surface area contributed by atoms with Gasteiger partial charge < -0.3 is 9.47 Å². The van der Waals surface area contributed by atoms with Gasteiger partial charge in [-0.25, -0.2) is 13.6 Å². The van der Waals surface area contributed by atoms with E-state index in [1.165, 1.54) is 6.08 Å². The fraction of sp³-hybridized carbons (Fsp3) is 0.273. The normalized spacial score (nSPS) is 27.5. The number of benzene rings is 1. The average molecular weight is 468 g/mol. The third-order valence-electron chi connectivity index (χ3n) is 5.25. The van der Waals surface area contributed by atoms with Crippen molar-refractivity contribution in [3.05, 3.63) is 93.8 Å². The van der Waals surface area contributed by atoms with Gasteiger partial charge in [-0.1, -0.05) is 61.0 Å². The van der Waals surface area contributed by atoms with E-state index >= 15 is 0 Å². The Morgan fingerprint density at radius 2 is 2.13 bits per heavy atom. The summed E-state index contributed by atoms with van der Waals surface area (Å²) >= 11 is 6.18. The summed E-state index contributed by atoms with van der Waals surface area (Å²) in [5.41, 5.74) is 1.59. The number of halogens is 3. The second kappa shape index (κ2) is 8.02. The van der Waals surface area contributed by atoms with Crippen LogP contribution in [0.1, 0.15) is 18.6 Å². The molecule has 0 aromatic heterocycles. The van der Waals surface area contributed by atoms with E-state index in [1.54, 1.807) is 55.5 Å². The Morgan fingerprint density at radius 3 is 2.81 bits per heavy atom. The Kier molecular flexibility index (Phi) is 5.68. The number of nitrogens with two attached hydrogens (primary N) is 1. The molecule has 0 saturated heterocycles. The van der Waals surface area contributed by atoms with E-state index in [4.69, 9.17) is 26.2 Å². The summed E-state index contributed by atoms with van der Waals surface area (Å²) in [5, 5.41) is 5.81. The average Bonchev–Trinajstić information content (AvgIpc) is 2.65. The predicted octanol–water partition coefficient (Wildman–Crippen LogP) is 4.56. The van der Waals surface area contributed by atoms with E-state index in [9.17, 15) is 17.2 Å². The Balaban J connectivity index is 1.88.